The van der Waals surface area contributed by atoms with Gasteiger partial charge >= 0.3 is 0 Å². The van der Waals surface area contributed by atoms with Gasteiger partial charge in [-0.15, -0.1) is 0 Å². The number of nitrogens with zero attached hydrogens (tertiary/aromatic N) is 3. The Labute approximate surface area is 112 Å². The number of hydrogen-bond donors (Lipinski definition) is 2. The third kappa shape index (κ3) is 2.18. The van der Waals surface area contributed by atoms with Crippen LogP contribution in [-0.4, -0.2) is 32.6 Å². The van der Waals surface area contributed by atoms with Crippen LogP contribution in [0.4, 0.5) is 5.95 Å². The van der Waals surface area contributed by atoms with Crippen LogP contribution in [0.2, 0.25) is 0 Å². The number of anilines is 1. The molecule has 2 aromatic rings. The molecule has 0 fully saturated rings. The van der Waals surface area contributed by atoms with E-state index in [0.29, 0.717) is 6.29 Å². The van der Waals surface area contributed by atoms with Crippen molar-refractivity contribution in [1.82, 2.24) is 19.7 Å². The monoisotopic (exact) mass is 279 g/mol. The number of fused-ring (bicyclic) bond motifs is 1. The van der Waals surface area contributed by atoms with Gasteiger partial charge in [0.05, 0.1) is 0 Å². The molecule has 0 bridgehead atoms. The number of carbonyl (C=O) groups excluding carboxylic acids is 1. The average Bonchev–Trinajstić information content (AvgIpc) is 2.39. The molecular formula is C11H13N5O4. The molecule has 0 aliphatic carbocycles. The molecule has 3 N–H and O–H groups in total. The molecule has 106 valence electrons. The van der Waals surface area contributed by atoms with Crippen molar-refractivity contribution >= 4 is 23.3 Å². The van der Waals surface area contributed by atoms with Crippen LogP contribution in [0.15, 0.2) is 9.59 Å². The van der Waals surface area contributed by atoms with E-state index in [1.54, 1.807) is 6.92 Å². The third-order valence-corrected chi connectivity index (χ3v) is 2.68. The number of nitrogens with two attached hydrogens (primary N) is 1. The van der Waals surface area contributed by atoms with Gasteiger partial charge in [-0.05, 0) is 6.92 Å². The van der Waals surface area contributed by atoms with Gasteiger partial charge in [-0.2, -0.15) is 10.1 Å². The van der Waals surface area contributed by atoms with Gasteiger partial charge in [0.1, 0.15) is 11.1 Å². The lowest BCUT2D eigenvalue weighted by Gasteiger charge is -2.11. The highest BCUT2D eigenvalue weighted by Gasteiger charge is 2.21. The molecule has 9 heteroatoms. The smallest absolute Gasteiger partial charge is 0.265 e. The predicted octanol–water partition coefficient (Wildman–Crippen LogP) is -1.12. The quantitative estimate of drug-likeness (QED) is 0.677. The molecule has 0 spiro atoms. The maximum Gasteiger partial charge on any atom is 0.265 e. The minimum absolute atomic E-state index is 0.0427. The lowest BCUT2D eigenvalue weighted by atomic mass is 10.2. The Hall–Kier alpha value is -2.55. The molecule has 0 aliphatic heterocycles. The molecule has 0 aliphatic rings. The summed E-state index contributed by atoms with van der Waals surface area (Å²) in [6.07, 6.45) is -0.669. The molecular weight excluding hydrogens is 266 g/mol. The molecule has 0 saturated carbocycles. The number of hydrogen-bond acceptors (Lipinski definition) is 7. The van der Waals surface area contributed by atoms with E-state index in [0.717, 1.165) is 0 Å². The number of H-pyrrole nitrogens is 1. The van der Waals surface area contributed by atoms with E-state index in [1.807, 2.05) is 0 Å². The zero-order valence-corrected chi connectivity index (χ0v) is 10.9. The number of aromatic nitrogens is 4. The molecule has 9 nitrogen and oxygen atoms in total. The Morgan fingerprint density at radius 1 is 1.50 bits per heavy atom. The summed E-state index contributed by atoms with van der Waals surface area (Å²) in [6, 6.07) is 0. The molecule has 20 heavy (non-hydrogen) atoms. The van der Waals surface area contributed by atoms with Gasteiger partial charge in [-0.3, -0.25) is 19.4 Å². The second-order valence-corrected chi connectivity index (χ2v) is 4.00. The van der Waals surface area contributed by atoms with E-state index in [4.69, 9.17) is 10.5 Å². The minimum Gasteiger partial charge on any atom is -0.369 e. The zero-order chi connectivity index (χ0) is 14.9. The molecule has 0 radical (unpaired) electrons. The van der Waals surface area contributed by atoms with Gasteiger partial charge in [0.15, 0.2) is 18.0 Å². The fourth-order valence-electron chi connectivity index (χ4n) is 1.85. The largest absolute Gasteiger partial charge is 0.369 e. The average molecular weight is 279 g/mol. The van der Waals surface area contributed by atoms with E-state index in [9.17, 15) is 14.4 Å². The van der Waals surface area contributed by atoms with Crippen LogP contribution in [0.1, 0.15) is 18.7 Å². The second-order valence-electron chi connectivity index (χ2n) is 4.00. The number of nitrogen functional groups attached to an aromatic ring is 1. The van der Waals surface area contributed by atoms with E-state index in [1.165, 1.54) is 11.7 Å². The summed E-state index contributed by atoms with van der Waals surface area (Å²) in [5.74, 6) is -0.121. The SMILES string of the molecule is CCOC(C=O)c1nn(C)c2nc(N)[nH]c(=O)c2c1=O. The number of aryl methyl sites for hydroxylation is 1. The molecule has 2 rings (SSSR count). The number of rotatable bonds is 4. The highest BCUT2D eigenvalue weighted by Crippen LogP contribution is 2.11. The normalized spacial score (nSPS) is 12.5. The topological polar surface area (TPSA) is 133 Å². The van der Waals surface area contributed by atoms with Crippen molar-refractivity contribution in [2.75, 3.05) is 12.3 Å². The lowest BCUT2D eigenvalue weighted by molar-refractivity contribution is -0.118. The first-order valence-corrected chi connectivity index (χ1v) is 5.83. The highest BCUT2D eigenvalue weighted by atomic mass is 16.5. The van der Waals surface area contributed by atoms with Crippen LogP contribution in [0.25, 0.3) is 11.0 Å². The Kier molecular flexibility index (Phi) is 3.61. The van der Waals surface area contributed by atoms with Crippen molar-refractivity contribution in [3.8, 4) is 0 Å². The van der Waals surface area contributed by atoms with Gasteiger partial charge in [-0.25, -0.2) is 4.68 Å². The number of ether oxygens (including phenoxy) is 1. The Morgan fingerprint density at radius 2 is 2.20 bits per heavy atom. The van der Waals surface area contributed by atoms with E-state index < -0.39 is 17.1 Å². The summed E-state index contributed by atoms with van der Waals surface area (Å²) in [7, 11) is 1.49. The minimum atomic E-state index is -1.12. The van der Waals surface area contributed by atoms with E-state index in [-0.39, 0.29) is 29.3 Å². The first-order valence-electron chi connectivity index (χ1n) is 5.83. The van der Waals surface area contributed by atoms with Crippen LogP contribution < -0.4 is 16.7 Å². The molecule has 0 saturated heterocycles. The summed E-state index contributed by atoms with van der Waals surface area (Å²) in [5.41, 5.74) is 3.93. The van der Waals surface area contributed by atoms with Gasteiger partial charge in [0.2, 0.25) is 11.4 Å². The van der Waals surface area contributed by atoms with Crippen LogP contribution >= 0.6 is 0 Å². The zero-order valence-electron chi connectivity index (χ0n) is 10.9. The van der Waals surface area contributed by atoms with Crippen molar-refractivity contribution in [3.05, 3.63) is 26.3 Å². The van der Waals surface area contributed by atoms with Gasteiger partial charge in [-0.1, -0.05) is 0 Å². The third-order valence-electron chi connectivity index (χ3n) is 2.68. The molecule has 0 aromatic carbocycles. The summed E-state index contributed by atoms with van der Waals surface area (Å²) < 4.78 is 6.34. The predicted molar refractivity (Wildman–Crippen MR) is 70.2 cm³/mol. The molecule has 2 aromatic heterocycles. The van der Waals surface area contributed by atoms with Crippen molar-refractivity contribution in [2.45, 2.75) is 13.0 Å². The van der Waals surface area contributed by atoms with E-state index >= 15 is 0 Å². The standard InChI is InChI=1S/C11H13N5O4/c1-3-20-5(4-17)7-8(18)6-9(16(2)15-7)13-11(12)14-10(6)19/h4-5H,3H2,1-2H3,(H3,12,13,14,19). The van der Waals surface area contributed by atoms with Crippen LogP contribution in [-0.2, 0) is 16.6 Å². The molecule has 1 unspecified atom stereocenters. The first-order chi connectivity index (χ1) is 9.49. The van der Waals surface area contributed by atoms with Crippen molar-refractivity contribution < 1.29 is 9.53 Å². The first kappa shape index (κ1) is 13.9. The Morgan fingerprint density at radius 3 is 2.80 bits per heavy atom. The fourth-order valence-corrected chi connectivity index (χ4v) is 1.85. The number of aromatic amines is 1. The van der Waals surface area contributed by atoms with Crippen molar-refractivity contribution in [1.29, 1.82) is 0 Å². The van der Waals surface area contributed by atoms with Crippen LogP contribution in [0.3, 0.4) is 0 Å². The Bertz CT molecular complexity index is 779. The summed E-state index contributed by atoms with van der Waals surface area (Å²) in [5, 5.41) is 3.74. The van der Waals surface area contributed by atoms with Crippen LogP contribution in [0, 0.1) is 0 Å². The highest BCUT2D eigenvalue weighted by molar-refractivity contribution is 5.75. The number of carbonyl (C=O) groups is 1. The lowest BCUT2D eigenvalue weighted by Crippen LogP contribution is -2.29. The molecule has 0 amide bonds. The van der Waals surface area contributed by atoms with Gasteiger partial charge < -0.3 is 10.5 Å². The summed E-state index contributed by atoms with van der Waals surface area (Å²) >= 11 is 0. The maximum atomic E-state index is 12.3. The summed E-state index contributed by atoms with van der Waals surface area (Å²) in [6.45, 7) is 1.90. The second kappa shape index (κ2) is 5.21. The van der Waals surface area contributed by atoms with Crippen LogP contribution in [0.5, 0.6) is 0 Å². The maximum absolute atomic E-state index is 12.3. The summed E-state index contributed by atoms with van der Waals surface area (Å²) in [4.78, 5) is 41.2. The number of nitrogens with one attached hydrogen (secondary N) is 1. The van der Waals surface area contributed by atoms with Crippen molar-refractivity contribution in [3.63, 3.8) is 0 Å². The van der Waals surface area contributed by atoms with Crippen molar-refractivity contribution in [2.24, 2.45) is 7.05 Å². The fraction of sp³-hybridized carbons (Fsp3) is 0.364. The van der Waals surface area contributed by atoms with E-state index in [2.05, 4.69) is 15.1 Å². The number of aldehydes is 1. The van der Waals surface area contributed by atoms with Gasteiger partial charge in [0, 0.05) is 13.7 Å². The molecule has 1 atom stereocenters. The Balaban J connectivity index is 2.84. The molecule has 2 heterocycles. The van der Waals surface area contributed by atoms with Gasteiger partial charge in [0.25, 0.3) is 5.56 Å².